The molecule has 4 aromatic rings. The summed E-state index contributed by atoms with van der Waals surface area (Å²) in [6.07, 6.45) is 3.33. The van der Waals surface area contributed by atoms with Crippen LogP contribution in [0.15, 0.2) is 59.0 Å². The Hall–Kier alpha value is -3.97. The molecule has 0 aliphatic rings. The molecule has 2 heterocycles. The number of furan rings is 1. The van der Waals surface area contributed by atoms with Gasteiger partial charge in [-0.25, -0.2) is 9.78 Å². The summed E-state index contributed by atoms with van der Waals surface area (Å²) in [7, 11) is 0. The lowest BCUT2D eigenvalue weighted by Gasteiger charge is -2.06. The molecule has 0 saturated carbocycles. The van der Waals surface area contributed by atoms with Gasteiger partial charge in [-0.2, -0.15) is 0 Å². The van der Waals surface area contributed by atoms with Crippen LogP contribution >= 0.6 is 11.6 Å². The first-order valence-electron chi connectivity index (χ1n) is 9.19. The van der Waals surface area contributed by atoms with Crippen molar-refractivity contribution >= 4 is 46.3 Å². The lowest BCUT2D eigenvalue weighted by molar-refractivity contribution is -0.384. The van der Waals surface area contributed by atoms with Crippen molar-refractivity contribution in [3.05, 3.63) is 92.3 Å². The Morgan fingerprint density at radius 1 is 1.16 bits per heavy atom. The van der Waals surface area contributed by atoms with Crippen LogP contribution in [0, 0.1) is 17.0 Å². The second-order valence-electron chi connectivity index (χ2n) is 6.83. The van der Waals surface area contributed by atoms with E-state index in [1.807, 2.05) is 13.0 Å². The minimum absolute atomic E-state index is 0.104. The lowest BCUT2D eigenvalue weighted by Crippen LogP contribution is -2.01. The monoisotopic (exact) mass is 434 g/mol. The molecule has 0 fully saturated rings. The summed E-state index contributed by atoms with van der Waals surface area (Å²) in [5.74, 6) is -0.0817. The Kier molecular flexibility index (Phi) is 5.27. The number of pyridine rings is 1. The van der Waals surface area contributed by atoms with Crippen LogP contribution < -0.4 is 0 Å². The van der Waals surface area contributed by atoms with Crippen LogP contribution in [0.2, 0.25) is 5.02 Å². The van der Waals surface area contributed by atoms with Crippen LogP contribution in [0.25, 0.3) is 34.4 Å². The summed E-state index contributed by atoms with van der Waals surface area (Å²) in [6.45, 7) is 1.88. The molecule has 0 saturated heterocycles. The Balaban J connectivity index is 1.67. The standard InChI is InChI=1S/C23H15ClN2O5/c1-13-3-2-4-17-19(23(27)28)11-14(25-22(13)17)5-7-16-8-10-21(31-16)18-9-6-15(26(29)30)12-20(18)24/h2-12H,1H3,(H,27,28). The maximum absolute atomic E-state index is 11.7. The Morgan fingerprint density at radius 3 is 2.68 bits per heavy atom. The number of aromatic nitrogens is 1. The fourth-order valence-electron chi connectivity index (χ4n) is 3.25. The third-order valence-corrected chi connectivity index (χ3v) is 5.08. The number of rotatable bonds is 5. The third-order valence-electron chi connectivity index (χ3n) is 4.77. The van der Waals surface area contributed by atoms with Gasteiger partial charge in [0.25, 0.3) is 5.69 Å². The number of non-ortho nitro benzene ring substituents is 1. The molecule has 0 aliphatic heterocycles. The van der Waals surface area contributed by atoms with Crippen molar-refractivity contribution < 1.29 is 19.2 Å². The molecule has 4 rings (SSSR count). The van der Waals surface area contributed by atoms with E-state index in [1.165, 1.54) is 24.3 Å². The van der Waals surface area contributed by atoms with Crippen molar-refractivity contribution in [1.82, 2.24) is 4.98 Å². The first-order valence-corrected chi connectivity index (χ1v) is 9.57. The number of halogens is 1. The van der Waals surface area contributed by atoms with E-state index >= 15 is 0 Å². The summed E-state index contributed by atoms with van der Waals surface area (Å²) in [5.41, 5.74) is 2.58. The zero-order valence-corrected chi connectivity index (χ0v) is 17.0. The van der Waals surface area contributed by atoms with E-state index in [-0.39, 0.29) is 16.3 Å². The molecule has 1 N–H and O–H groups in total. The van der Waals surface area contributed by atoms with Gasteiger partial charge in [0.1, 0.15) is 11.5 Å². The van der Waals surface area contributed by atoms with Gasteiger partial charge in [-0.1, -0.05) is 29.8 Å². The quantitative estimate of drug-likeness (QED) is 0.294. The Labute approximate surface area is 181 Å². The van der Waals surface area contributed by atoms with Crippen LogP contribution in [0.3, 0.4) is 0 Å². The number of para-hydroxylation sites is 1. The van der Waals surface area contributed by atoms with E-state index in [2.05, 4.69) is 4.98 Å². The molecule has 0 spiro atoms. The van der Waals surface area contributed by atoms with Crippen LogP contribution in [0.4, 0.5) is 5.69 Å². The van der Waals surface area contributed by atoms with Crippen LogP contribution in [-0.4, -0.2) is 21.0 Å². The third kappa shape index (κ3) is 4.04. The number of carboxylic acids is 1. The highest BCUT2D eigenvalue weighted by molar-refractivity contribution is 6.33. The van der Waals surface area contributed by atoms with Gasteiger partial charge >= 0.3 is 5.97 Å². The number of hydrogen-bond donors (Lipinski definition) is 1. The second-order valence-corrected chi connectivity index (χ2v) is 7.23. The number of aromatic carboxylic acids is 1. The Morgan fingerprint density at radius 2 is 1.97 bits per heavy atom. The van der Waals surface area contributed by atoms with Crippen molar-refractivity contribution in [3.63, 3.8) is 0 Å². The van der Waals surface area contributed by atoms with E-state index in [4.69, 9.17) is 16.0 Å². The van der Waals surface area contributed by atoms with Gasteiger partial charge in [-0.15, -0.1) is 0 Å². The minimum Gasteiger partial charge on any atom is -0.478 e. The fraction of sp³-hybridized carbons (Fsp3) is 0.0435. The summed E-state index contributed by atoms with van der Waals surface area (Å²) >= 11 is 6.16. The minimum atomic E-state index is -1.03. The van der Waals surface area contributed by atoms with Crippen molar-refractivity contribution in [1.29, 1.82) is 0 Å². The zero-order chi connectivity index (χ0) is 22.1. The second kappa shape index (κ2) is 8.04. The molecule has 2 aromatic heterocycles. The van der Waals surface area contributed by atoms with Crippen molar-refractivity contribution in [2.24, 2.45) is 0 Å². The van der Waals surface area contributed by atoms with E-state index in [0.717, 1.165) is 5.56 Å². The molecule has 0 atom stereocenters. The van der Waals surface area contributed by atoms with Crippen molar-refractivity contribution in [2.75, 3.05) is 0 Å². The lowest BCUT2D eigenvalue weighted by atomic mass is 10.0. The van der Waals surface area contributed by atoms with Gasteiger partial charge in [0.2, 0.25) is 0 Å². The molecule has 0 bridgehead atoms. The molecular formula is C23H15ClN2O5. The first kappa shape index (κ1) is 20.3. The highest BCUT2D eigenvalue weighted by Crippen LogP contribution is 2.32. The smallest absolute Gasteiger partial charge is 0.336 e. The molecule has 2 aromatic carbocycles. The number of nitro benzene ring substituents is 1. The summed E-state index contributed by atoms with van der Waals surface area (Å²) in [4.78, 5) is 26.6. The molecule has 7 nitrogen and oxygen atoms in total. The largest absolute Gasteiger partial charge is 0.478 e. The van der Waals surface area contributed by atoms with Gasteiger partial charge in [0, 0.05) is 23.1 Å². The zero-order valence-electron chi connectivity index (χ0n) is 16.2. The van der Waals surface area contributed by atoms with Crippen LogP contribution in [0.5, 0.6) is 0 Å². The molecule has 31 heavy (non-hydrogen) atoms. The molecule has 8 heteroatoms. The number of hydrogen-bond acceptors (Lipinski definition) is 5. The van der Waals surface area contributed by atoms with Gasteiger partial charge < -0.3 is 9.52 Å². The fourth-order valence-corrected chi connectivity index (χ4v) is 3.51. The Bertz CT molecular complexity index is 1370. The van der Waals surface area contributed by atoms with E-state index in [9.17, 15) is 20.0 Å². The summed E-state index contributed by atoms with van der Waals surface area (Å²) in [6, 6.07) is 14.5. The molecule has 0 amide bonds. The number of carboxylic acid groups (broad SMARTS) is 1. The number of nitrogens with zero attached hydrogens (tertiary/aromatic N) is 2. The van der Waals surface area contributed by atoms with Gasteiger partial charge in [-0.05, 0) is 48.9 Å². The molecule has 0 unspecified atom stereocenters. The molecule has 0 radical (unpaired) electrons. The van der Waals surface area contributed by atoms with Crippen molar-refractivity contribution in [2.45, 2.75) is 6.92 Å². The summed E-state index contributed by atoms with van der Waals surface area (Å²) < 4.78 is 5.78. The maximum atomic E-state index is 11.7. The highest BCUT2D eigenvalue weighted by atomic mass is 35.5. The molecule has 154 valence electrons. The number of carbonyl (C=O) groups is 1. The predicted octanol–water partition coefficient (Wildman–Crippen LogP) is 6.23. The number of fused-ring (bicyclic) bond motifs is 1. The molecule has 0 aliphatic carbocycles. The van der Waals surface area contributed by atoms with Gasteiger partial charge in [-0.3, -0.25) is 10.1 Å². The summed E-state index contributed by atoms with van der Waals surface area (Å²) in [5, 5.41) is 21.2. The maximum Gasteiger partial charge on any atom is 0.336 e. The van der Waals surface area contributed by atoms with E-state index in [1.54, 1.807) is 36.4 Å². The highest BCUT2D eigenvalue weighted by Gasteiger charge is 2.14. The topological polar surface area (TPSA) is 106 Å². The SMILES string of the molecule is Cc1cccc2c(C(=O)O)cc(C=Cc3ccc(-c4ccc([N+](=O)[O-])cc4Cl)o3)nc12. The average Bonchev–Trinajstić information content (AvgIpc) is 3.20. The number of nitro groups is 1. The van der Waals surface area contributed by atoms with Crippen LogP contribution in [-0.2, 0) is 0 Å². The number of aryl methyl sites for hydroxylation is 1. The van der Waals surface area contributed by atoms with Crippen LogP contribution in [0.1, 0.15) is 27.4 Å². The first-order chi connectivity index (χ1) is 14.8. The average molecular weight is 435 g/mol. The van der Waals surface area contributed by atoms with E-state index in [0.29, 0.717) is 33.7 Å². The predicted molar refractivity (Wildman–Crippen MR) is 118 cm³/mol. The van der Waals surface area contributed by atoms with Gasteiger partial charge in [0.15, 0.2) is 0 Å². The van der Waals surface area contributed by atoms with Crippen molar-refractivity contribution in [3.8, 4) is 11.3 Å². The normalized spacial score (nSPS) is 11.3. The molecular weight excluding hydrogens is 420 g/mol. The number of benzene rings is 2. The van der Waals surface area contributed by atoms with Gasteiger partial charge in [0.05, 0.1) is 26.7 Å². The van der Waals surface area contributed by atoms with E-state index < -0.39 is 10.9 Å².